The third-order valence-corrected chi connectivity index (χ3v) is 3.12. The first-order valence-electron chi connectivity index (χ1n) is 6.37. The molecular formula is C16H18N2O2. The van der Waals surface area contributed by atoms with Gasteiger partial charge in [0.15, 0.2) is 5.78 Å². The summed E-state index contributed by atoms with van der Waals surface area (Å²) in [7, 11) is 1.61. The fraction of sp³-hybridized carbons (Fsp3) is 0.188. The maximum Gasteiger partial charge on any atom is 0.181 e. The van der Waals surface area contributed by atoms with Gasteiger partial charge in [-0.1, -0.05) is 18.2 Å². The predicted molar refractivity (Wildman–Crippen MR) is 81.4 cm³/mol. The van der Waals surface area contributed by atoms with Crippen LogP contribution in [-0.2, 0) is 0 Å². The Morgan fingerprint density at radius 3 is 2.75 bits per heavy atom. The summed E-state index contributed by atoms with van der Waals surface area (Å²) in [5.74, 6) is 0.751. The Hall–Kier alpha value is -2.49. The van der Waals surface area contributed by atoms with E-state index in [2.05, 4.69) is 5.32 Å². The zero-order valence-corrected chi connectivity index (χ0v) is 11.6. The smallest absolute Gasteiger partial charge is 0.181 e. The highest BCUT2D eigenvalue weighted by atomic mass is 16.5. The van der Waals surface area contributed by atoms with Crippen LogP contribution in [0.4, 0.5) is 11.4 Å². The quantitative estimate of drug-likeness (QED) is 0.647. The average molecular weight is 270 g/mol. The molecule has 0 aromatic heterocycles. The van der Waals surface area contributed by atoms with Crippen molar-refractivity contribution in [2.24, 2.45) is 0 Å². The summed E-state index contributed by atoms with van der Waals surface area (Å²) in [6, 6.07) is 12.8. The van der Waals surface area contributed by atoms with Crippen LogP contribution in [0.5, 0.6) is 5.75 Å². The second kappa shape index (κ2) is 6.10. The number of nitrogens with two attached hydrogens (primary N) is 1. The maximum absolute atomic E-state index is 12.1. The standard InChI is InChI=1S/C16H18N2O2/c1-11-6-7-12(8-15(11)17)16(19)10-18-13-4-3-5-14(9-13)20-2/h3-9,18H,10,17H2,1-2H3. The maximum atomic E-state index is 12.1. The van der Waals surface area contributed by atoms with Crippen molar-refractivity contribution in [1.82, 2.24) is 0 Å². The van der Waals surface area contributed by atoms with Crippen LogP contribution in [0.1, 0.15) is 15.9 Å². The number of ether oxygens (including phenoxy) is 1. The number of methoxy groups -OCH3 is 1. The van der Waals surface area contributed by atoms with Crippen LogP contribution in [0.15, 0.2) is 42.5 Å². The minimum Gasteiger partial charge on any atom is -0.497 e. The molecule has 20 heavy (non-hydrogen) atoms. The Morgan fingerprint density at radius 2 is 2.05 bits per heavy atom. The first kappa shape index (κ1) is 13.9. The number of anilines is 2. The van der Waals surface area contributed by atoms with Crippen molar-refractivity contribution >= 4 is 17.2 Å². The van der Waals surface area contributed by atoms with Crippen LogP contribution >= 0.6 is 0 Å². The summed E-state index contributed by atoms with van der Waals surface area (Å²) in [6.07, 6.45) is 0. The molecule has 0 aliphatic heterocycles. The summed E-state index contributed by atoms with van der Waals surface area (Å²) in [6.45, 7) is 2.13. The molecule has 0 aliphatic carbocycles. The molecule has 2 aromatic carbocycles. The van der Waals surface area contributed by atoms with Crippen LogP contribution < -0.4 is 15.8 Å². The van der Waals surface area contributed by atoms with Crippen LogP contribution in [0.25, 0.3) is 0 Å². The molecule has 0 fully saturated rings. The highest BCUT2D eigenvalue weighted by Crippen LogP contribution is 2.17. The second-order valence-corrected chi connectivity index (χ2v) is 4.58. The van der Waals surface area contributed by atoms with Crippen LogP contribution in [0, 0.1) is 6.92 Å². The number of carbonyl (C=O) groups is 1. The van der Waals surface area contributed by atoms with Gasteiger partial charge in [0.1, 0.15) is 5.75 Å². The van der Waals surface area contributed by atoms with Gasteiger partial charge in [-0.05, 0) is 30.7 Å². The van der Waals surface area contributed by atoms with Crippen molar-refractivity contribution in [1.29, 1.82) is 0 Å². The number of rotatable bonds is 5. The Morgan fingerprint density at radius 1 is 1.25 bits per heavy atom. The van der Waals surface area contributed by atoms with Crippen LogP contribution in [0.3, 0.4) is 0 Å². The summed E-state index contributed by atoms with van der Waals surface area (Å²) in [4.78, 5) is 12.1. The summed E-state index contributed by atoms with van der Waals surface area (Å²) in [5.41, 5.74) is 8.88. The number of carbonyl (C=O) groups excluding carboxylic acids is 1. The van der Waals surface area contributed by atoms with E-state index in [0.29, 0.717) is 11.3 Å². The normalized spacial score (nSPS) is 10.1. The molecule has 4 heteroatoms. The number of hydrogen-bond donors (Lipinski definition) is 2. The van der Waals surface area contributed by atoms with E-state index in [0.717, 1.165) is 17.0 Å². The summed E-state index contributed by atoms with van der Waals surface area (Å²) < 4.78 is 5.13. The van der Waals surface area contributed by atoms with Crippen molar-refractivity contribution in [3.63, 3.8) is 0 Å². The number of nitrogen functional groups attached to an aromatic ring is 1. The van der Waals surface area contributed by atoms with Gasteiger partial charge in [-0.15, -0.1) is 0 Å². The topological polar surface area (TPSA) is 64.3 Å². The first-order chi connectivity index (χ1) is 9.60. The summed E-state index contributed by atoms with van der Waals surface area (Å²) in [5, 5.41) is 3.08. The third kappa shape index (κ3) is 3.29. The van der Waals surface area contributed by atoms with Gasteiger partial charge < -0.3 is 15.8 Å². The van der Waals surface area contributed by atoms with Gasteiger partial charge in [0, 0.05) is 23.0 Å². The molecule has 0 spiro atoms. The minimum absolute atomic E-state index is 0.000445. The molecule has 0 bridgehead atoms. The number of ketones is 1. The molecule has 4 nitrogen and oxygen atoms in total. The second-order valence-electron chi connectivity index (χ2n) is 4.58. The fourth-order valence-corrected chi connectivity index (χ4v) is 1.83. The Labute approximate surface area is 118 Å². The van der Waals surface area contributed by atoms with Crippen molar-refractivity contribution < 1.29 is 9.53 Å². The molecule has 0 unspecified atom stereocenters. The molecule has 104 valence electrons. The molecule has 0 radical (unpaired) electrons. The molecule has 0 amide bonds. The number of nitrogens with one attached hydrogen (secondary N) is 1. The molecule has 0 atom stereocenters. The van der Waals surface area contributed by atoms with E-state index in [4.69, 9.17) is 10.5 Å². The molecule has 2 rings (SSSR count). The van der Waals surface area contributed by atoms with Crippen molar-refractivity contribution in [3.05, 3.63) is 53.6 Å². The van der Waals surface area contributed by atoms with E-state index >= 15 is 0 Å². The highest BCUT2D eigenvalue weighted by molar-refractivity contribution is 5.99. The van der Waals surface area contributed by atoms with Crippen molar-refractivity contribution in [3.8, 4) is 5.75 Å². The highest BCUT2D eigenvalue weighted by Gasteiger charge is 2.07. The Balaban J connectivity index is 2.02. The van der Waals surface area contributed by atoms with Gasteiger partial charge in [0.2, 0.25) is 0 Å². The van der Waals surface area contributed by atoms with E-state index in [1.807, 2.05) is 37.3 Å². The van der Waals surface area contributed by atoms with E-state index in [1.165, 1.54) is 0 Å². The van der Waals surface area contributed by atoms with Crippen LogP contribution in [-0.4, -0.2) is 19.4 Å². The first-order valence-corrected chi connectivity index (χ1v) is 6.37. The van der Waals surface area contributed by atoms with E-state index in [1.54, 1.807) is 19.2 Å². The Bertz CT molecular complexity index is 624. The molecule has 3 N–H and O–H groups in total. The molecule has 0 saturated carbocycles. The van der Waals surface area contributed by atoms with Crippen molar-refractivity contribution in [2.75, 3.05) is 24.7 Å². The lowest BCUT2D eigenvalue weighted by Crippen LogP contribution is -2.14. The number of benzene rings is 2. The summed E-state index contributed by atoms with van der Waals surface area (Å²) >= 11 is 0. The predicted octanol–water partition coefficient (Wildman–Crippen LogP) is 2.88. The van der Waals surface area contributed by atoms with Crippen LogP contribution in [0.2, 0.25) is 0 Å². The zero-order chi connectivity index (χ0) is 14.5. The molecule has 0 heterocycles. The monoisotopic (exact) mass is 270 g/mol. The lowest BCUT2D eigenvalue weighted by molar-refractivity contribution is 0.101. The number of hydrogen-bond acceptors (Lipinski definition) is 4. The molecule has 0 saturated heterocycles. The molecule has 2 aromatic rings. The largest absolute Gasteiger partial charge is 0.497 e. The van der Waals surface area contributed by atoms with E-state index in [9.17, 15) is 4.79 Å². The SMILES string of the molecule is COc1cccc(NCC(=O)c2ccc(C)c(N)c2)c1. The fourth-order valence-electron chi connectivity index (χ4n) is 1.83. The van der Waals surface area contributed by atoms with Crippen molar-refractivity contribution in [2.45, 2.75) is 6.92 Å². The van der Waals surface area contributed by atoms with E-state index in [-0.39, 0.29) is 12.3 Å². The Kier molecular flexibility index (Phi) is 4.25. The van der Waals surface area contributed by atoms with Gasteiger partial charge in [0.05, 0.1) is 13.7 Å². The van der Waals surface area contributed by atoms with Gasteiger partial charge in [-0.3, -0.25) is 4.79 Å². The molecule has 0 aliphatic rings. The van der Waals surface area contributed by atoms with Gasteiger partial charge in [0.25, 0.3) is 0 Å². The van der Waals surface area contributed by atoms with Gasteiger partial charge >= 0.3 is 0 Å². The van der Waals surface area contributed by atoms with Gasteiger partial charge in [-0.25, -0.2) is 0 Å². The van der Waals surface area contributed by atoms with Gasteiger partial charge in [-0.2, -0.15) is 0 Å². The molecular weight excluding hydrogens is 252 g/mol. The third-order valence-electron chi connectivity index (χ3n) is 3.12. The lowest BCUT2D eigenvalue weighted by Gasteiger charge is -2.08. The lowest BCUT2D eigenvalue weighted by atomic mass is 10.1. The van der Waals surface area contributed by atoms with E-state index < -0.39 is 0 Å². The minimum atomic E-state index is -0.000445. The number of aryl methyl sites for hydroxylation is 1. The number of Topliss-reactive ketones (excluding diaryl/α,β-unsaturated/α-hetero) is 1. The zero-order valence-electron chi connectivity index (χ0n) is 11.6. The average Bonchev–Trinajstić information content (AvgIpc) is 2.47.